The first-order valence-electron chi connectivity index (χ1n) is 8.58. The Morgan fingerprint density at radius 1 is 0.923 bits per heavy atom. The van der Waals surface area contributed by atoms with E-state index in [1.807, 2.05) is 12.1 Å². The third kappa shape index (κ3) is 2.61. The molecule has 0 radical (unpaired) electrons. The van der Waals surface area contributed by atoms with Crippen molar-refractivity contribution in [3.05, 3.63) is 41.0 Å². The molecule has 0 aromatic heterocycles. The first-order chi connectivity index (χ1) is 12.7. The molecule has 0 saturated carbocycles. The van der Waals surface area contributed by atoms with Gasteiger partial charge in [-0.15, -0.1) is 0 Å². The number of hydrogen-bond acceptors (Lipinski definition) is 6. The molecule has 0 aliphatic carbocycles. The van der Waals surface area contributed by atoms with E-state index in [9.17, 15) is 0 Å². The number of methoxy groups -OCH3 is 3. The number of likely N-dealkylation sites (N-methyl/N-ethyl adjacent to an activating group) is 1. The summed E-state index contributed by atoms with van der Waals surface area (Å²) in [5.41, 5.74) is 3.59. The van der Waals surface area contributed by atoms with Gasteiger partial charge in [0.15, 0.2) is 23.0 Å². The molecule has 0 amide bonds. The molecule has 1 unspecified atom stereocenters. The van der Waals surface area contributed by atoms with Crippen molar-refractivity contribution in [2.24, 2.45) is 0 Å². The highest BCUT2D eigenvalue weighted by atomic mass is 16.7. The molecule has 0 saturated heterocycles. The van der Waals surface area contributed by atoms with Gasteiger partial charge in [0.05, 0.1) is 27.4 Å². The Morgan fingerprint density at radius 2 is 1.58 bits per heavy atom. The molecule has 6 heteroatoms. The van der Waals surface area contributed by atoms with Gasteiger partial charge in [-0.25, -0.2) is 0 Å². The zero-order valence-corrected chi connectivity index (χ0v) is 15.5. The maximum Gasteiger partial charge on any atom is 0.231 e. The zero-order valence-electron chi connectivity index (χ0n) is 15.5. The Bertz CT molecular complexity index is 810. The third-order valence-corrected chi connectivity index (χ3v) is 5.11. The Labute approximate surface area is 153 Å². The predicted octanol–water partition coefficient (Wildman–Crippen LogP) is 3.02. The average Bonchev–Trinajstić information content (AvgIpc) is 3.12. The summed E-state index contributed by atoms with van der Waals surface area (Å²) in [5, 5.41) is 0. The molecule has 138 valence electrons. The summed E-state index contributed by atoms with van der Waals surface area (Å²) in [4.78, 5) is 2.32. The van der Waals surface area contributed by atoms with E-state index in [2.05, 4.69) is 24.1 Å². The Hall–Kier alpha value is -2.60. The van der Waals surface area contributed by atoms with Crippen LogP contribution in [-0.2, 0) is 6.42 Å². The molecule has 2 aliphatic heterocycles. The van der Waals surface area contributed by atoms with Crippen LogP contribution in [0.2, 0.25) is 0 Å². The minimum atomic E-state index is 0.0713. The lowest BCUT2D eigenvalue weighted by Crippen LogP contribution is -2.32. The van der Waals surface area contributed by atoms with Crippen LogP contribution in [0.1, 0.15) is 22.7 Å². The maximum absolute atomic E-state index is 5.60. The van der Waals surface area contributed by atoms with Gasteiger partial charge < -0.3 is 23.7 Å². The van der Waals surface area contributed by atoms with Crippen molar-refractivity contribution in [2.45, 2.75) is 12.5 Å². The van der Waals surface area contributed by atoms with Crippen LogP contribution in [0, 0.1) is 0 Å². The summed E-state index contributed by atoms with van der Waals surface area (Å²) in [6.45, 7) is 1.23. The van der Waals surface area contributed by atoms with Crippen LogP contribution in [0.5, 0.6) is 28.7 Å². The lowest BCUT2D eigenvalue weighted by molar-refractivity contribution is 0.174. The van der Waals surface area contributed by atoms with E-state index < -0.39 is 0 Å². The molecule has 2 aromatic rings. The summed E-state index contributed by atoms with van der Waals surface area (Å²) >= 11 is 0. The Kier molecular flexibility index (Phi) is 4.28. The molecule has 0 N–H and O–H groups in total. The first-order valence-corrected chi connectivity index (χ1v) is 8.58. The van der Waals surface area contributed by atoms with Crippen molar-refractivity contribution in [2.75, 3.05) is 41.7 Å². The largest absolute Gasteiger partial charge is 0.493 e. The van der Waals surface area contributed by atoms with Crippen molar-refractivity contribution in [3.8, 4) is 28.7 Å². The van der Waals surface area contributed by atoms with E-state index >= 15 is 0 Å². The zero-order chi connectivity index (χ0) is 18.3. The van der Waals surface area contributed by atoms with Crippen molar-refractivity contribution >= 4 is 0 Å². The predicted molar refractivity (Wildman–Crippen MR) is 96.8 cm³/mol. The SMILES string of the molecule is COc1cc(C2c3cc4c(cc3CCN2C)OCO4)cc(OC)c1OC. The van der Waals surface area contributed by atoms with Crippen molar-refractivity contribution in [1.82, 2.24) is 4.90 Å². The smallest absolute Gasteiger partial charge is 0.231 e. The molecular formula is C20H23NO5. The average molecular weight is 357 g/mol. The standard InChI is InChI=1S/C20H23NO5/c1-21-6-5-12-7-15-16(26-11-25-15)10-14(12)19(21)13-8-17(22-2)20(24-4)18(9-13)23-3/h7-10,19H,5-6,11H2,1-4H3. The molecule has 0 bridgehead atoms. The van der Waals surface area contributed by atoms with Crippen molar-refractivity contribution in [3.63, 3.8) is 0 Å². The van der Waals surface area contributed by atoms with Gasteiger partial charge in [0.25, 0.3) is 0 Å². The minimum Gasteiger partial charge on any atom is -0.493 e. The van der Waals surface area contributed by atoms with E-state index in [1.54, 1.807) is 21.3 Å². The quantitative estimate of drug-likeness (QED) is 0.838. The van der Waals surface area contributed by atoms with E-state index in [0.29, 0.717) is 17.2 Å². The van der Waals surface area contributed by atoms with Crippen molar-refractivity contribution < 1.29 is 23.7 Å². The van der Waals surface area contributed by atoms with Gasteiger partial charge in [-0.05, 0) is 54.4 Å². The Balaban J connectivity index is 1.86. The first kappa shape index (κ1) is 16.8. The van der Waals surface area contributed by atoms with Crippen LogP contribution in [-0.4, -0.2) is 46.6 Å². The van der Waals surface area contributed by atoms with E-state index in [-0.39, 0.29) is 12.8 Å². The van der Waals surface area contributed by atoms with Gasteiger partial charge in [-0.1, -0.05) is 0 Å². The van der Waals surface area contributed by atoms with Crippen LogP contribution in [0.15, 0.2) is 24.3 Å². The van der Waals surface area contributed by atoms with Gasteiger partial charge in [-0.3, -0.25) is 4.90 Å². The number of benzene rings is 2. The summed E-state index contributed by atoms with van der Waals surface area (Å²) in [6.07, 6.45) is 0.976. The number of nitrogens with zero attached hydrogens (tertiary/aromatic N) is 1. The highest BCUT2D eigenvalue weighted by Crippen LogP contribution is 2.46. The lowest BCUT2D eigenvalue weighted by atomic mass is 9.88. The lowest BCUT2D eigenvalue weighted by Gasteiger charge is -2.35. The topological polar surface area (TPSA) is 49.4 Å². The molecule has 2 heterocycles. The fourth-order valence-corrected chi connectivity index (χ4v) is 3.83. The summed E-state index contributed by atoms with van der Waals surface area (Å²) in [5.74, 6) is 3.54. The molecule has 26 heavy (non-hydrogen) atoms. The van der Waals surface area contributed by atoms with Crippen LogP contribution >= 0.6 is 0 Å². The fourth-order valence-electron chi connectivity index (χ4n) is 3.83. The van der Waals surface area contributed by atoms with E-state index in [1.165, 1.54) is 11.1 Å². The number of fused-ring (bicyclic) bond motifs is 2. The molecule has 6 nitrogen and oxygen atoms in total. The van der Waals surface area contributed by atoms with E-state index in [4.69, 9.17) is 23.7 Å². The van der Waals surface area contributed by atoms with Gasteiger partial charge in [0, 0.05) is 6.54 Å². The molecular weight excluding hydrogens is 334 g/mol. The maximum atomic E-state index is 5.60. The molecule has 4 rings (SSSR count). The second-order valence-corrected chi connectivity index (χ2v) is 6.50. The fraction of sp³-hybridized carbons (Fsp3) is 0.400. The molecule has 0 spiro atoms. The van der Waals surface area contributed by atoms with Crippen LogP contribution < -0.4 is 23.7 Å². The second kappa shape index (κ2) is 6.61. The van der Waals surface area contributed by atoms with Crippen LogP contribution in [0.25, 0.3) is 0 Å². The molecule has 2 aromatic carbocycles. The van der Waals surface area contributed by atoms with Crippen LogP contribution in [0.3, 0.4) is 0 Å². The number of rotatable bonds is 4. The number of hydrogen-bond donors (Lipinski definition) is 0. The van der Waals surface area contributed by atoms with Gasteiger partial charge in [0.1, 0.15) is 0 Å². The summed E-state index contributed by atoms with van der Waals surface area (Å²) in [7, 11) is 7.01. The normalized spacial score (nSPS) is 18.4. The summed E-state index contributed by atoms with van der Waals surface area (Å²) < 4.78 is 27.7. The highest BCUT2D eigenvalue weighted by Gasteiger charge is 2.31. The van der Waals surface area contributed by atoms with E-state index in [0.717, 1.165) is 30.0 Å². The van der Waals surface area contributed by atoms with Gasteiger partial charge in [0.2, 0.25) is 12.5 Å². The highest BCUT2D eigenvalue weighted by molar-refractivity contribution is 5.58. The summed E-state index contributed by atoms with van der Waals surface area (Å²) in [6, 6.07) is 8.31. The van der Waals surface area contributed by atoms with Crippen molar-refractivity contribution in [1.29, 1.82) is 0 Å². The minimum absolute atomic E-state index is 0.0713. The second-order valence-electron chi connectivity index (χ2n) is 6.50. The molecule has 2 aliphatic rings. The number of ether oxygens (including phenoxy) is 5. The van der Waals surface area contributed by atoms with Gasteiger partial charge >= 0.3 is 0 Å². The van der Waals surface area contributed by atoms with Crippen LogP contribution in [0.4, 0.5) is 0 Å². The third-order valence-electron chi connectivity index (χ3n) is 5.11. The monoisotopic (exact) mass is 357 g/mol. The molecule has 0 fully saturated rings. The Morgan fingerprint density at radius 3 is 2.19 bits per heavy atom. The molecule has 1 atom stereocenters. The van der Waals surface area contributed by atoms with Gasteiger partial charge in [-0.2, -0.15) is 0 Å².